The average Bonchev–Trinajstić information content (AvgIpc) is 2.53. The number of carbonyl (C=O) groups is 1. The molecule has 0 unspecified atom stereocenters. The monoisotopic (exact) mass is 356 g/mol. The van der Waals surface area contributed by atoms with Gasteiger partial charge in [-0.1, -0.05) is 53.5 Å². The van der Waals surface area contributed by atoms with E-state index in [9.17, 15) is 9.90 Å². The van der Waals surface area contributed by atoms with Gasteiger partial charge in [0.2, 0.25) is 0 Å². The Balaban J connectivity index is 2.61. The third kappa shape index (κ3) is 3.70. The Bertz CT molecular complexity index is 683. The summed E-state index contributed by atoms with van der Waals surface area (Å²) in [6.07, 6.45) is 4.09. The first-order chi connectivity index (χ1) is 11.7. The zero-order chi connectivity index (χ0) is 18.8. The van der Waals surface area contributed by atoms with Crippen molar-refractivity contribution in [3.05, 3.63) is 34.4 Å². The maximum atomic E-state index is 12.0. The first-order valence-electron chi connectivity index (χ1n) is 9.63. The molecule has 1 aliphatic carbocycles. The van der Waals surface area contributed by atoms with Gasteiger partial charge in [-0.2, -0.15) is 0 Å². The number of carboxylic acids is 1. The van der Waals surface area contributed by atoms with Crippen molar-refractivity contribution in [3.8, 4) is 11.5 Å². The van der Waals surface area contributed by atoms with Gasteiger partial charge in [-0.25, -0.2) is 4.79 Å². The van der Waals surface area contributed by atoms with E-state index < -0.39 is 14.0 Å². The molecule has 0 aliphatic heterocycles. The molecule has 0 fully saturated rings. The number of aryl methyl sites for hydroxylation is 1. The fraction of sp³-hybridized carbons (Fsp3) is 0.591. The minimum Gasteiger partial charge on any atom is -0.478 e. The lowest BCUT2D eigenvalue weighted by Crippen LogP contribution is -2.43. The molecule has 0 saturated carbocycles. The van der Waals surface area contributed by atoms with Crippen LogP contribution in [0.15, 0.2) is 12.1 Å². The fourth-order valence-corrected chi connectivity index (χ4v) is 10.0. The number of fused-ring (bicyclic) bond motifs is 1. The summed E-state index contributed by atoms with van der Waals surface area (Å²) < 4.78 is 0. The van der Waals surface area contributed by atoms with Crippen LogP contribution in [0.1, 0.15) is 81.4 Å². The lowest BCUT2D eigenvalue weighted by molar-refractivity contribution is 0.0695. The highest BCUT2D eigenvalue weighted by Crippen LogP contribution is 2.41. The maximum Gasteiger partial charge on any atom is 0.337 e. The highest BCUT2D eigenvalue weighted by atomic mass is 28.3. The number of carboxylic acid groups (broad SMARTS) is 1. The molecule has 0 amide bonds. The Labute approximate surface area is 154 Å². The van der Waals surface area contributed by atoms with E-state index in [0.717, 1.165) is 31.2 Å². The fourth-order valence-electron chi connectivity index (χ4n) is 4.79. The molecule has 0 atom stereocenters. The summed E-state index contributed by atoms with van der Waals surface area (Å²) in [7, 11) is -1.86. The minimum absolute atomic E-state index is 0.462. The van der Waals surface area contributed by atoms with Gasteiger partial charge in [-0.05, 0) is 59.5 Å². The largest absolute Gasteiger partial charge is 0.478 e. The topological polar surface area (TPSA) is 37.3 Å². The second kappa shape index (κ2) is 7.79. The summed E-state index contributed by atoms with van der Waals surface area (Å²) >= 11 is 0. The van der Waals surface area contributed by atoms with Gasteiger partial charge in [-0.3, -0.25) is 0 Å². The molecule has 3 heteroatoms. The summed E-state index contributed by atoms with van der Waals surface area (Å²) in [5.41, 5.74) is 8.72. The molecule has 0 saturated heterocycles. The third-order valence-electron chi connectivity index (χ3n) is 6.03. The first kappa shape index (κ1) is 19.8. The molecule has 0 heterocycles. The van der Waals surface area contributed by atoms with Crippen LogP contribution < -0.4 is 0 Å². The molecule has 0 aromatic heterocycles. The Morgan fingerprint density at radius 3 is 2.08 bits per heavy atom. The number of hydrogen-bond donors (Lipinski definition) is 1. The van der Waals surface area contributed by atoms with E-state index in [4.69, 9.17) is 0 Å². The van der Waals surface area contributed by atoms with Crippen molar-refractivity contribution in [2.75, 3.05) is 0 Å². The molecule has 1 aromatic rings. The highest BCUT2D eigenvalue weighted by molar-refractivity contribution is 6.90. The van der Waals surface area contributed by atoms with Crippen molar-refractivity contribution in [2.24, 2.45) is 0 Å². The highest BCUT2D eigenvalue weighted by Gasteiger charge is 2.41. The molecule has 1 aromatic carbocycles. The van der Waals surface area contributed by atoms with Crippen molar-refractivity contribution in [1.82, 2.24) is 0 Å². The van der Waals surface area contributed by atoms with Crippen LogP contribution in [0.2, 0.25) is 16.6 Å². The van der Waals surface area contributed by atoms with Gasteiger partial charge in [-0.15, -0.1) is 5.54 Å². The summed E-state index contributed by atoms with van der Waals surface area (Å²) in [5.74, 6) is 2.54. The molecule has 136 valence electrons. The minimum atomic E-state index is -1.86. The molecule has 0 radical (unpaired) electrons. The van der Waals surface area contributed by atoms with E-state index in [2.05, 4.69) is 59.1 Å². The van der Waals surface area contributed by atoms with Crippen LogP contribution in [0.5, 0.6) is 0 Å². The van der Waals surface area contributed by atoms with E-state index in [1.54, 1.807) is 0 Å². The number of rotatable bonds is 4. The van der Waals surface area contributed by atoms with Crippen LogP contribution in [0.4, 0.5) is 0 Å². The van der Waals surface area contributed by atoms with E-state index >= 15 is 0 Å². The molecule has 25 heavy (non-hydrogen) atoms. The van der Waals surface area contributed by atoms with Crippen molar-refractivity contribution in [2.45, 2.75) is 83.8 Å². The quantitative estimate of drug-likeness (QED) is 0.544. The van der Waals surface area contributed by atoms with Crippen molar-refractivity contribution >= 4 is 14.0 Å². The summed E-state index contributed by atoms with van der Waals surface area (Å²) in [6.45, 7) is 13.7. The molecule has 1 N–H and O–H groups in total. The first-order valence-corrected chi connectivity index (χ1v) is 11.9. The SMILES string of the molecule is CC(C)[Si](C#Cc1ccc2c(c1C(=O)O)CCCC2)(C(C)C)C(C)C. The number of benzene rings is 1. The molecule has 2 rings (SSSR count). The van der Waals surface area contributed by atoms with Crippen LogP contribution >= 0.6 is 0 Å². The van der Waals surface area contributed by atoms with Crippen LogP contribution in [0.25, 0.3) is 0 Å². The van der Waals surface area contributed by atoms with Gasteiger partial charge in [0.1, 0.15) is 8.07 Å². The van der Waals surface area contributed by atoms with Crippen LogP contribution in [0, 0.1) is 11.5 Å². The third-order valence-corrected chi connectivity index (χ3v) is 12.3. The Morgan fingerprint density at radius 2 is 1.56 bits per heavy atom. The lowest BCUT2D eigenvalue weighted by Gasteiger charge is -2.38. The zero-order valence-electron chi connectivity index (χ0n) is 16.6. The second-order valence-corrected chi connectivity index (χ2v) is 13.9. The standard InChI is InChI=1S/C22H32O2Si/c1-15(2)25(16(3)4,17(5)6)14-13-19-12-11-18-9-7-8-10-20(18)21(19)22(23)24/h11-12,15-17H,7-10H2,1-6H3,(H,23,24). The smallest absolute Gasteiger partial charge is 0.337 e. The number of hydrogen-bond acceptors (Lipinski definition) is 1. The van der Waals surface area contributed by atoms with Gasteiger partial charge in [0, 0.05) is 5.56 Å². The van der Waals surface area contributed by atoms with Gasteiger partial charge < -0.3 is 5.11 Å². The van der Waals surface area contributed by atoms with Gasteiger partial charge in [0.15, 0.2) is 0 Å². The Morgan fingerprint density at radius 1 is 1.00 bits per heavy atom. The summed E-state index contributed by atoms with van der Waals surface area (Å²) in [5, 5.41) is 9.82. The normalized spacial score (nSPS) is 14.4. The Hall–Kier alpha value is -1.53. The van der Waals surface area contributed by atoms with Crippen molar-refractivity contribution < 1.29 is 9.90 Å². The Kier molecular flexibility index (Phi) is 6.16. The lowest BCUT2D eigenvalue weighted by atomic mass is 9.86. The zero-order valence-corrected chi connectivity index (χ0v) is 17.6. The average molecular weight is 357 g/mol. The molecule has 1 aliphatic rings. The predicted octanol–water partition coefficient (Wildman–Crippen LogP) is 5.83. The van der Waals surface area contributed by atoms with Gasteiger partial charge in [0.25, 0.3) is 0 Å². The van der Waals surface area contributed by atoms with Crippen LogP contribution in [-0.2, 0) is 12.8 Å². The van der Waals surface area contributed by atoms with Crippen molar-refractivity contribution in [1.29, 1.82) is 0 Å². The molecular weight excluding hydrogens is 324 g/mol. The summed E-state index contributed by atoms with van der Waals surface area (Å²) in [6, 6.07) is 4.05. The molecular formula is C22H32O2Si. The second-order valence-electron chi connectivity index (χ2n) is 8.29. The molecule has 2 nitrogen and oxygen atoms in total. The van der Waals surface area contributed by atoms with Crippen molar-refractivity contribution in [3.63, 3.8) is 0 Å². The van der Waals surface area contributed by atoms with E-state index in [1.165, 1.54) is 5.56 Å². The summed E-state index contributed by atoms with van der Waals surface area (Å²) in [4.78, 5) is 12.0. The molecule has 0 bridgehead atoms. The van der Waals surface area contributed by atoms with Crippen LogP contribution in [-0.4, -0.2) is 19.1 Å². The van der Waals surface area contributed by atoms with E-state index in [0.29, 0.717) is 27.8 Å². The van der Waals surface area contributed by atoms with Gasteiger partial charge in [0.05, 0.1) is 5.56 Å². The van der Waals surface area contributed by atoms with E-state index in [-0.39, 0.29) is 0 Å². The van der Waals surface area contributed by atoms with Gasteiger partial charge >= 0.3 is 5.97 Å². The molecule has 0 spiro atoms. The number of aromatic carboxylic acids is 1. The van der Waals surface area contributed by atoms with E-state index in [1.807, 2.05) is 6.07 Å². The predicted molar refractivity (Wildman–Crippen MR) is 108 cm³/mol. The van der Waals surface area contributed by atoms with Crippen LogP contribution in [0.3, 0.4) is 0 Å². The maximum absolute atomic E-state index is 12.0.